The van der Waals surface area contributed by atoms with Crippen molar-refractivity contribution in [3.05, 3.63) is 73.4 Å². The third-order valence-corrected chi connectivity index (χ3v) is 6.99. The molecule has 2 aromatic carbocycles. The van der Waals surface area contributed by atoms with Crippen molar-refractivity contribution >= 4 is 64.1 Å². The molecule has 0 aliphatic heterocycles. The van der Waals surface area contributed by atoms with Gasteiger partial charge < -0.3 is 9.88 Å². The summed E-state index contributed by atoms with van der Waals surface area (Å²) >= 11 is 26.0. The minimum Gasteiger partial charge on any atom is -0.342 e. The third kappa shape index (κ3) is 5.91. The Morgan fingerprint density at radius 1 is 1.03 bits per heavy atom. The van der Waals surface area contributed by atoms with E-state index in [1.165, 1.54) is 11.8 Å². The average Bonchev–Trinajstić information content (AvgIpc) is 3.13. The molecule has 0 bridgehead atoms. The number of thioether (sulfide) groups is 1. The molecule has 1 aromatic heterocycles. The summed E-state index contributed by atoms with van der Waals surface area (Å²) in [6.07, 6.45) is 0. The molecule has 0 aliphatic rings. The number of benzene rings is 2. The number of nitrogens with zero attached hydrogens (tertiary/aromatic N) is 3. The standard InChI is InChI=1S/C22H22Cl4N4OS/c1-4-30-20(28-29-22(30)32-11-13-5-6-14(23)9-17(13)25)19(12(2)3)27-21(31)16-8-7-15(24)10-18(16)26/h5-10,12,19H,4,11H2,1-3H3,(H,27,31)/t19-/m1/s1. The Bertz CT molecular complexity index is 1120. The Hall–Kier alpha value is -1.44. The molecule has 170 valence electrons. The van der Waals surface area contributed by atoms with Crippen molar-refractivity contribution in [1.82, 2.24) is 20.1 Å². The normalized spacial score (nSPS) is 12.2. The highest BCUT2D eigenvalue weighted by atomic mass is 35.5. The van der Waals surface area contributed by atoms with Gasteiger partial charge in [0.25, 0.3) is 5.91 Å². The van der Waals surface area contributed by atoms with Gasteiger partial charge in [-0.25, -0.2) is 0 Å². The summed E-state index contributed by atoms with van der Waals surface area (Å²) in [5.41, 5.74) is 1.32. The molecular formula is C22H22Cl4N4OS. The maximum absolute atomic E-state index is 12.9. The van der Waals surface area contributed by atoms with E-state index in [4.69, 9.17) is 46.4 Å². The van der Waals surface area contributed by atoms with E-state index in [1.807, 2.05) is 37.5 Å². The molecule has 3 aromatic rings. The van der Waals surface area contributed by atoms with Gasteiger partial charge in [-0.05, 0) is 48.7 Å². The molecule has 0 aliphatic carbocycles. The van der Waals surface area contributed by atoms with E-state index in [-0.39, 0.29) is 17.9 Å². The molecule has 0 saturated carbocycles. The highest BCUT2D eigenvalue weighted by molar-refractivity contribution is 7.98. The molecule has 1 atom stereocenters. The molecule has 0 saturated heterocycles. The first-order valence-corrected chi connectivity index (χ1v) is 12.5. The topological polar surface area (TPSA) is 59.8 Å². The predicted molar refractivity (Wildman–Crippen MR) is 133 cm³/mol. The lowest BCUT2D eigenvalue weighted by atomic mass is 10.0. The van der Waals surface area contributed by atoms with Crippen LogP contribution in [0.4, 0.5) is 0 Å². The van der Waals surface area contributed by atoms with E-state index in [9.17, 15) is 4.79 Å². The van der Waals surface area contributed by atoms with Crippen molar-refractivity contribution < 1.29 is 4.79 Å². The smallest absolute Gasteiger partial charge is 0.253 e. The van der Waals surface area contributed by atoms with E-state index >= 15 is 0 Å². The van der Waals surface area contributed by atoms with Gasteiger partial charge in [-0.2, -0.15) is 0 Å². The van der Waals surface area contributed by atoms with Crippen molar-refractivity contribution in [3.63, 3.8) is 0 Å². The summed E-state index contributed by atoms with van der Waals surface area (Å²) in [5.74, 6) is 1.08. The van der Waals surface area contributed by atoms with Gasteiger partial charge in [0.1, 0.15) is 0 Å². The van der Waals surface area contributed by atoms with Crippen LogP contribution >= 0.6 is 58.2 Å². The number of halogens is 4. The van der Waals surface area contributed by atoms with Gasteiger partial charge in [0.2, 0.25) is 0 Å². The van der Waals surface area contributed by atoms with Crippen LogP contribution in [0.3, 0.4) is 0 Å². The second-order valence-electron chi connectivity index (χ2n) is 7.43. The molecule has 1 amide bonds. The maximum Gasteiger partial charge on any atom is 0.253 e. The van der Waals surface area contributed by atoms with Gasteiger partial charge in [0.15, 0.2) is 11.0 Å². The largest absolute Gasteiger partial charge is 0.342 e. The number of nitrogens with one attached hydrogen (secondary N) is 1. The molecule has 5 nitrogen and oxygen atoms in total. The molecule has 10 heteroatoms. The predicted octanol–water partition coefficient (Wildman–Crippen LogP) is 7.33. The summed E-state index contributed by atoms with van der Waals surface area (Å²) in [6.45, 7) is 6.70. The van der Waals surface area contributed by atoms with Crippen LogP contribution in [0.25, 0.3) is 0 Å². The fourth-order valence-electron chi connectivity index (χ4n) is 3.14. The molecule has 0 radical (unpaired) electrons. The number of hydrogen-bond donors (Lipinski definition) is 1. The van der Waals surface area contributed by atoms with Gasteiger partial charge in [-0.1, -0.05) is 78.1 Å². The van der Waals surface area contributed by atoms with Crippen LogP contribution in [0.1, 0.15) is 48.6 Å². The third-order valence-electron chi connectivity index (χ3n) is 4.84. The Balaban J connectivity index is 1.82. The lowest BCUT2D eigenvalue weighted by molar-refractivity contribution is 0.0922. The second-order valence-corrected chi connectivity index (χ2v) is 10.1. The Kier molecular flexibility index (Phi) is 8.75. The lowest BCUT2D eigenvalue weighted by Crippen LogP contribution is -2.34. The summed E-state index contributed by atoms with van der Waals surface area (Å²) in [4.78, 5) is 12.9. The summed E-state index contributed by atoms with van der Waals surface area (Å²) in [6, 6.07) is 9.88. The highest BCUT2D eigenvalue weighted by Crippen LogP contribution is 2.31. The van der Waals surface area contributed by atoms with E-state index in [2.05, 4.69) is 15.5 Å². The van der Waals surface area contributed by atoms with Gasteiger partial charge >= 0.3 is 0 Å². The zero-order valence-electron chi connectivity index (χ0n) is 17.7. The van der Waals surface area contributed by atoms with E-state index < -0.39 is 0 Å². The molecular weight excluding hydrogens is 510 g/mol. The van der Waals surface area contributed by atoms with E-state index in [0.29, 0.717) is 43.8 Å². The Labute approximate surface area is 211 Å². The van der Waals surface area contributed by atoms with E-state index in [1.54, 1.807) is 24.3 Å². The van der Waals surface area contributed by atoms with Crippen molar-refractivity contribution in [3.8, 4) is 0 Å². The summed E-state index contributed by atoms with van der Waals surface area (Å²) in [7, 11) is 0. The molecule has 1 N–H and O–H groups in total. The SMILES string of the molecule is CCn1c(SCc2ccc(Cl)cc2Cl)nnc1[C@H](NC(=O)c1ccc(Cl)cc1Cl)C(C)C. The van der Waals surface area contributed by atoms with Crippen molar-refractivity contribution in [2.24, 2.45) is 5.92 Å². The van der Waals surface area contributed by atoms with Gasteiger partial charge in [0.05, 0.1) is 16.6 Å². The number of carbonyl (C=O) groups excluding carboxylic acids is 1. The van der Waals surface area contributed by atoms with E-state index in [0.717, 1.165) is 10.7 Å². The number of hydrogen-bond acceptors (Lipinski definition) is 4. The van der Waals surface area contributed by atoms with Crippen LogP contribution in [0.5, 0.6) is 0 Å². The van der Waals surface area contributed by atoms with Crippen LogP contribution in [0.15, 0.2) is 41.6 Å². The average molecular weight is 532 g/mol. The number of rotatable bonds is 8. The zero-order valence-corrected chi connectivity index (χ0v) is 21.5. The first-order chi connectivity index (χ1) is 15.2. The number of amides is 1. The first-order valence-electron chi connectivity index (χ1n) is 9.97. The second kappa shape index (κ2) is 11.1. The molecule has 3 rings (SSSR count). The summed E-state index contributed by atoms with van der Waals surface area (Å²) < 4.78 is 2.00. The number of carbonyl (C=O) groups is 1. The van der Waals surface area contributed by atoms with Crippen molar-refractivity contribution in [2.75, 3.05) is 0 Å². The fourth-order valence-corrected chi connectivity index (χ4v) is 5.20. The lowest BCUT2D eigenvalue weighted by Gasteiger charge is -2.23. The maximum atomic E-state index is 12.9. The minimum absolute atomic E-state index is 0.0723. The fraction of sp³-hybridized carbons (Fsp3) is 0.318. The molecule has 32 heavy (non-hydrogen) atoms. The monoisotopic (exact) mass is 530 g/mol. The Morgan fingerprint density at radius 2 is 1.69 bits per heavy atom. The van der Waals surface area contributed by atoms with Gasteiger partial charge in [-0.15, -0.1) is 10.2 Å². The highest BCUT2D eigenvalue weighted by Gasteiger charge is 2.26. The van der Waals surface area contributed by atoms with Crippen LogP contribution in [-0.4, -0.2) is 20.7 Å². The van der Waals surface area contributed by atoms with Gasteiger partial charge in [-0.3, -0.25) is 4.79 Å². The molecule has 1 heterocycles. The number of aromatic nitrogens is 3. The quantitative estimate of drug-likeness (QED) is 0.309. The zero-order chi connectivity index (χ0) is 23.4. The minimum atomic E-state index is -0.352. The summed E-state index contributed by atoms with van der Waals surface area (Å²) in [5, 5.41) is 14.6. The Morgan fingerprint density at radius 3 is 2.28 bits per heavy atom. The van der Waals surface area contributed by atoms with Gasteiger partial charge in [0, 0.05) is 27.4 Å². The van der Waals surface area contributed by atoms with Crippen LogP contribution < -0.4 is 5.32 Å². The molecule has 0 spiro atoms. The van der Waals surface area contributed by atoms with Crippen LogP contribution in [-0.2, 0) is 12.3 Å². The van der Waals surface area contributed by atoms with Crippen molar-refractivity contribution in [2.45, 2.75) is 44.3 Å². The van der Waals surface area contributed by atoms with Crippen LogP contribution in [0.2, 0.25) is 20.1 Å². The molecule has 0 unspecified atom stereocenters. The molecule has 0 fully saturated rings. The first kappa shape index (κ1) is 25.2. The van der Waals surface area contributed by atoms with Crippen molar-refractivity contribution in [1.29, 1.82) is 0 Å². The van der Waals surface area contributed by atoms with Crippen LogP contribution in [0, 0.1) is 5.92 Å².